The third-order valence-electron chi connectivity index (χ3n) is 5.25. The lowest BCUT2D eigenvalue weighted by Crippen LogP contribution is -2.65. The molecule has 0 saturated carbocycles. The molecule has 31 heavy (non-hydrogen) atoms. The summed E-state index contributed by atoms with van der Waals surface area (Å²) in [5.74, 6) is 5.17. The van der Waals surface area contributed by atoms with Gasteiger partial charge in [0, 0.05) is 0 Å². The monoisotopic (exact) mass is 461 g/mol. The number of rotatable bonds is 5. The number of nitrogens with two attached hydrogens (primary N) is 1. The Balaban J connectivity index is 1.67. The summed E-state index contributed by atoms with van der Waals surface area (Å²) in [6.45, 7) is -0.393. The molecule has 0 unspecified atom stereocenters. The molecule has 16 nitrogen and oxygen atoms in total. The van der Waals surface area contributed by atoms with Crippen LogP contribution in [0, 0.1) is 0 Å². The molecule has 3 rings (SSSR count). The molecule has 11 N–H and O–H groups in total. The first-order valence-corrected chi connectivity index (χ1v) is 9.28. The molecule has 182 valence electrons. The maximum Gasteiger partial charge on any atom is 0.189 e. The molecular weight excluding hydrogens is 434 g/mol. The lowest BCUT2D eigenvalue weighted by molar-refractivity contribution is -0.406. The van der Waals surface area contributed by atoms with Crippen molar-refractivity contribution in [2.45, 2.75) is 86.4 Å². The predicted octanol–water partition coefficient (Wildman–Crippen LogP) is -7.12. The van der Waals surface area contributed by atoms with Gasteiger partial charge in [-0.2, -0.15) is 0 Å². The van der Waals surface area contributed by atoms with E-state index in [0.717, 1.165) is 0 Å². The second-order valence-electron chi connectivity index (χ2n) is 7.33. The molecule has 3 fully saturated rings. The summed E-state index contributed by atoms with van der Waals surface area (Å²) in [6.07, 6.45) is -24.1. The van der Waals surface area contributed by atoms with E-state index in [9.17, 15) is 46.0 Å². The van der Waals surface area contributed by atoms with Gasteiger partial charge in [0.25, 0.3) is 0 Å². The first kappa shape index (κ1) is 25.0. The zero-order valence-corrected chi connectivity index (χ0v) is 15.8. The number of aliphatic hydroxyl groups excluding tert-OH is 9. The summed E-state index contributed by atoms with van der Waals surface area (Å²) >= 11 is 0. The molecule has 0 aromatic rings. The fraction of sp³-hybridized carbons (Fsp3) is 1.00. The van der Waals surface area contributed by atoms with Gasteiger partial charge in [-0.05, 0) is 0 Å². The molecule has 3 saturated heterocycles. The Morgan fingerprint density at radius 3 is 1.81 bits per heavy atom. The fourth-order valence-electron chi connectivity index (χ4n) is 3.39. The van der Waals surface area contributed by atoms with E-state index < -0.39 is 93.0 Å². The Hall–Kier alpha value is -0.640. The van der Waals surface area contributed by atoms with Crippen LogP contribution in [0.5, 0.6) is 0 Å². The molecule has 16 heteroatoms. The van der Waals surface area contributed by atoms with Gasteiger partial charge in [-0.1, -0.05) is 0 Å². The minimum atomic E-state index is -1.93. The summed E-state index contributed by atoms with van der Waals surface area (Å²) in [4.78, 5) is 4.63. The summed E-state index contributed by atoms with van der Waals surface area (Å²) < 4.78 is 25.4. The van der Waals surface area contributed by atoms with Crippen molar-refractivity contribution in [1.82, 2.24) is 0 Å². The van der Waals surface area contributed by atoms with Gasteiger partial charge in [0.2, 0.25) is 0 Å². The van der Waals surface area contributed by atoms with Crippen LogP contribution in [-0.2, 0) is 28.5 Å². The highest BCUT2D eigenvalue weighted by atomic mass is 16.8. The lowest BCUT2D eigenvalue weighted by Gasteiger charge is -2.46. The van der Waals surface area contributed by atoms with Gasteiger partial charge in [0.1, 0.15) is 54.9 Å². The molecule has 0 bridgehead atoms. The van der Waals surface area contributed by atoms with Crippen LogP contribution in [0.2, 0.25) is 0 Å². The highest BCUT2D eigenvalue weighted by Crippen LogP contribution is 2.30. The van der Waals surface area contributed by atoms with E-state index in [0.29, 0.717) is 0 Å². The maximum atomic E-state index is 10.5. The van der Waals surface area contributed by atoms with Gasteiger partial charge in [-0.25, -0.2) is 5.90 Å². The average Bonchev–Trinajstić information content (AvgIpc) is 2.74. The van der Waals surface area contributed by atoms with Crippen LogP contribution < -0.4 is 5.90 Å². The second kappa shape index (κ2) is 10.1. The summed E-state index contributed by atoms with van der Waals surface area (Å²) in [5.41, 5.74) is 0. The van der Waals surface area contributed by atoms with Gasteiger partial charge in [0.15, 0.2) is 31.5 Å². The van der Waals surface area contributed by atoms with E-state index in [1.807, 2.05) is 0 Å². The van der Waals surface area contributed by atoms with E-state index in [-0.39, 0.29) is 0 Å². The Kier molecular flexibility index (Phi) is 8.14. The third-order valence-corrected chi connectivity index (χ3v) is 5.25. The SMILES string of the molecule is NO[C@@H]1[C@@H](O)[C@H](O[C@@H]2CO[C@@H](O)[C@H](O)[C@H]2O)O[C@H](O)[C@H]1O[C@@H]1O[C@H](O)[C@@H](O)[C@H](O)[C@H]1O. The first-order valence-electron chi connectivity index (χ1n) is 9.28. The zero-order chi connectivity index (χ0) is 23.0. The summed E-state index contributed by atoms with van der Waals surface area (Å²) in [5, 5.41) is 88.5. The van der Waals surface area contributed by atoms with E-state index in [2.05, 4.69) is 4.84 Å². The standard InChI is InChI=1S/C15H27NO15/c16-31-9-8(22)15(27-2-1-26-11(23)5(19)3(2)17)30-13(25)10(9)28-14-7(21)4(18)6(20)12(24)29-14/h2-15,17-25H,1,16H2/t2-,3+,4+,5-,6+,7-,8-,9-,10+,11-,12+,13+,14-,15-/m1/s1. The largest absolute Gasteiger partial charge is 0.387 e. The van der Waals surface area contributed by atoms with E-state index in [1.54, 1.807) is 0 Å². The molecule has 3 heterocycles. The molecule has 0 radical (unpaired) electrons. The van der Waals surface area contributed by atoms with Crippen molar-refractivity contribution in [3.05, 3.63) is 0 Å². The Bertz CT molecular complexity index is 587. The van der Waals surface area contributed by atoms with Crippen molar-refractivity contribution in [1.29, 1.82) is 0 Å². The average molecular weight is 461 g/mol. The molecule has 3 aliphatic heterocycles. The zero-order valence-electron chi connectivity index (χ0n) is 15.8. The van der Waals surface area contributed by atoms with Gasteiger partial charge >= 0.3 is 0 Å². The van der Waals surface area contributed by atoms with Crippen LogP contribution >= 0.6 is 0 Å². The van der Waals surface area contributed by atoms with E-state index in [4.69, 9.17) is 29.6 Å². The number of ether oxygens (including phenoxy) is 5. The highest BCUT2D eigenvalue weighted by Gasteiger charge is 2.52. The quantitative estimate of drug-likeness (QED) is 0.170. The molecule has 14 atom stereocenters. The molecular formula is C15H27NO15. The van der Waals surface area contributed by atoms with Gasteiger partial charge in [0.05, 0.1) is 6.61 Å². The van der Waals surface area contributed by atoms with Crippen molar-refractivity contribution >= 4 is 0 Å². The Labute approximate surface area is 174 Å². The number of hydrogen-bond donors (Lipinski definition) is 10. The molecule has 0 spiro atoms. The Morgan fingerprint density at radius 2 is 1.16 bits per heavy atom. The molecule has 0 aromatic heterocycles. The first-order chi connectivity index (χ1) is 14.6. The van der Waals surface area contributed by atoms with Crippen LogP contribution in [0.4, 0.5) is 0 Å². The molecule has 0 aromatic carbocycles. The number of aliphatic hydroxyl groups is 9. The molecule has 0 amide bonds. The third kappa shape index (κ3) is 4.99. The summed E-state index contributed by atoms with van der Waals surface area (Å²) in [7, 11) is 0. The molecule has 3 aliphatic rings. The highest BCUT2D eigenvalue weighted by molar-refractivity contribution is 4.92. The van der Waals surface area contributed by atoms with Crippen molar-refractivity contribution in [3.8, 4) is 0 Å². The van der Waals surface area contributed by atoms with Gasteiger partial charge in [-0.15, -0.1) is 0 Å². The van der Waals surface area contributed by atoms with Crippen molar-refractivity contribution < 1.29 is 74.5 Å². The van der Waals surface area contributed by atoms with Crippen LogP contribution in [0.15, 0.2) is 0 Å². The second-order valence-corrected chi connectivity index (χ2v) is 7.33. The van der Waals surface area contributed by atoms with Crippen LogP contribution in [0.3, 0.4) is 0 Å². The molecule has 0 aliphatic carbocycles. The Morgan fingerprint density at radius 1 is 0.581 bits per heavy atom. The van der Waals surface area contributed by atoms with E-state index in [1.165, 1.54) is 0 Å². The smallest absolute Gasteiger partial charge is 0.189 e. The maximum absolute atomic E-state index is 10.5. The van der Waals surface area contributed by atoms with Crippen LogP contribution in [-0.4, -0.2) is 139 Å². The minimum Gasteiger partial charge on any atom is -0.387 e. The van der Waals surface area contributed by atoms with Crippen molar-refractivity contribution in [3.63, 3.8) is 0 Å². The fourth-order valence-corrected chi connectivity index (χ4v) is 3.39. The van der Waals surface area contributed by atoms with Gasteiger partial charge in [-0.3, -0.25) is 4.84 Å². The van der Waals surface area contributed by atoms with Crippen molar-refractivity contribution in [2.75, 3.05) is 6.61 Å². The topological polar surface area (TPSA) is 263 Å². The van der Waals surface area contributed by atoms with E-state index >= 15 is 0 Å². The van der Waals surface area contributed by atoms with Crippen LogP contribution in [0.1, 0.15) is 0 Å². The van der Waals surface area contributed by atoms with Crippen molar-refractivity contribution in [2.24, 2.45) is 5.90 Å². The predicted molar refractivity (Wildman–Crippen MR) is 88.6 cm³/mol. The summed E-state index contributed by atoms with van der Waals surface area (Å²) in [6, 6.07) is 0. The minimum absolute atomic E-state index is 0.393. The van der Waals surface area contributed by atoms with Crippen LogP contribution in [0.25, 0.3) is 0 Å². The number of hydrogen-bond acceptors (Lipinski definition) is 16. The van der Waals surface area contributed by atoms with Gasteiger partial charge < -0.3 is 69.6 Å². The lowest BCUT2D eigenvalue weighted by atomic mass is 10.0. The normalized spacial score (nSPS) is 54.0.